The molecular formula is C12H15NO4. The van der Waals surface area contributed by atoms with Gasteiger partial charge in [-0.25, -0.2) is 4.79 Å². The van der Waals surface area contributed by atoms with Crippen molar-refractivity contribution in [3.63, 3.8) is 0 Å². The van der Waals surface area contributed by atoms with Crippen molar-refractivity contribution in [2.45, 2.75) is 12.5 Å². The molecule has 0 aliphatic heterocycles. The molecule has 0 aromatic heterocycles. The number of carbonyl (C=O) groups excluding carboxylic acids is 2. The molecule has 1 aromatic rings. The number of hydrogen-bond donors (Lipinski definition) is 1. The van der Waals surface area contributed by atoms with E-state index in [1.54, 1.807) is 24.3 Å². The summed E-state index contributed by atoms with van der Waals surface area (Å²) in [5.41, 5.74) is 6.84. The zero-order valence-electron chi connectivity index (χ0n) is 9.80. The van der Waals surface area contributed by atoms with E-state index in [4.69, 9.17) is 5.73 Å². The summed E-state index contributed by atoms with van der Waals surface area (Å²) in [6.45, 7) is 0. The molecule has 0 heterocycles. The van der Waals surface area contributed by atoms with Crippen LogP contribution < -0.4 is 5.73 Å². The first-order valence-electron chi connectivity index (χ1n) is 5.09. The molecule has 1 rings (SSSR count). The average molecular weight is 237 g/mol. The quantitative estimate of drug-likeness (QED) is 0.772. The van der Waals surface area contributed by atoms with Gasteiger partial charge in [0.2, 0.25) is 0 Å². The van der Waals surface area contributed by atoms with Crippen molar-refractivity contribution in [2.75, 3.05) is 14.2 Å². The molecule has 0 saturated heterocycles. The van der Waals surface area contributed by atoms with Crippen LogP contribution in [-0.4, -0.2) is 32.2 Å². The van der Waals surface area contributed by atoms with Crippen LogP contribution in [0.2, 0.25) is 0 Å². The van der Waals surface area contributed by atoms with Crippen LogP contribution in [0.3, 0.4) is 0 Å². The Hall–Kier alpha value is -1.88. The lowest BCUT2D eigenvalue weighted by atomic mass is 10.0. The maximum atomic E-state index is 11.3. The van der Waals surface area contributed by atoms with E-state index >= 15 is 0 Å². The molecule has 5 heteroatoms. The number of hydrogen-bond acceptors (Lipinski definition) is 5. The Morgan fingerprint density at radius 2 is 2.00 bits per heavy atom. The lowest BCUT2D eigenvalue weighted by molar-refractivity contribution is -0.142. The summed E-state index contributed by atoms with van der Waals surface area (Å²) in [6.07, 6.45) is 0.317. The van der Waals surface area contributed by atoms with E-state index in [-0.39, 0.29) is 0 Å². The lowest BCUT2D eigenvalue weighted by Gasteiger charge is -2.09. The summed E-state index contributed by atoms with van der Waals surface area (Å²) >= 11 is 0. The SMILES string of the molecule is COC(=O)c1cccc(CC(N)C(=O)OC)c1. The summed E-state index contributed by atoms with van der Waals surface area (Å²) < 4.78 is 9.13. The minimum absolute atomic E-state index is 0.317. The van der Waals surface area contributed by atoms with Gasteiger partial charge in [-0.05, 0) is 24.1 Å². The van der Waals surface area contributed by atoms with E-state index in [0.717, 1.165) is 5.56 Å². The average Bonchev–Trinajstić information content (AvgIpc) is 2.37. The van der Waals surface area contributed by atoms with E-state index in [9.17, 15) is 9.59 Å². The van der Waals surface area contributed by atoms with Crippen LogP contribution in [0, 0.1) is 0 Å². The van der Waals surface area contributed by atoms with Crippen LogP contribution in [0.5, 0.6) is 0 Å². The smallest absolute Gasteiger partial charge is 0.337 e. The largest absolute Gasteiger partial charge is 0.468 e. The zero-order chi connectivity index (χ0) is 12.8. The number of nitrogens with two attached hydrogens (primary N) is 1. The highest BCUT2D eigenvalue weighted by Crippen LogP contribution is 2.08. The van der Waals surface area contributed by atoms with Crippen molar-refractivity contribution in [3.8, 4) is 0 Å². The minimum atomic E-state index is -0.729. The highest BCUT2D eigenvalue weighted by atomic mass is 16.5. The van der Waals surface area contributed by atoms with Crippen molar-refractivity contribution >= 4 is 11.9 Å². The van der Waals surface area contributed by atoms with E-state index in [2.05, 4.69) is 9.47 Å². The van der Waals surface area contributed by atoms with Crippen molar-refractivity contribution in [1.82, 2.24) is 0 Å². The van der Waals surface area contributed by atoms with Crippen LogP contribution in [0.1, 0.15) is 15.9 Å². The molecule has 0 saturated carbocycles. The van der Waals surface area contributed by atoms with Crippen molar-refractivity contribution in [1.29, 1.82) is 0 Å². The Bertz CT molecular complexity index is 417. The third-order valence-corrected chi connectivity index (χ3v) is 2.31. The summed E-state index contributed by atoms with van der Waals surface area (Å²) in [5, 5.41) is 0. The fraction of sp³-hybridized carbons (Fsp3) is 0.333. The van der Waals surface area contributed by atoms with Crippen LogP contribution in [-0.2, 0) is 20.7 Å². The molecule has 1 aromatic carbocycles. The van der Waals surface area contributed by atoms with Crippen LogP contribution >= 0.6 is 0 Å². The van der Waals surface area contributed by atoms with Gasteiger partial charge in [0.25, 0.3) is 0 Å². The minimum Gasteiger partial charge on any atom is -0.468 e. The zero-order valence-corrected chi connectivity index (χ0v) is 9.80. The fourth-order valence-electron chi connectivity index (χ4n) is 1.43. The third-order valence-electron chi connectivity index (χ3n) is 2.31. The Morgan fingerprint density at radius 3 is 2.59 bits per heavy atom. The highest BCUT2D eigenvalue weighted by Gasteiger charge is 2.15. The molecule has 0 spiro atoms. The van der Waals surface area contributed by atoms with Crippen LogP contribution in [0.25, 0.3) is 0 Å². The van der Waals surface area contributed by atoms with Gasteiger partial charge in [-0.1, -0.05) is 12.1 Å². The Morgan fingerprint density at radius 1 is 1.29 bits per heavy atom. The summed E-state index contributed by atoms with van der Waals surface area (Å²) in [6, 6.07) is 6.06. The molecule has 1 atom stereocenters. The normalized spacial score (nSPS) is 11.7. The molecule has 0 radical (unpaired) electrons. The van der Waals surface area contributed by atoms with Gasteiger partial charge >= 0.3 is 11.9 Å². The molecule has 0 aliphatic carbocycles. The molecular weight excluding hydrogens is 222 g/mol. The Labute approximate surface area is 99.5 Å². The second-order valence-corrected chi connectivity index (χ2v) is 3.53. The first-order valence-corrected chi connectivity index (χ1v) is 5.09. The van der Waals surface area contributed by atoms with Crippen molar-refractivity contribution < 1.29 is 19.1 Å². The first-order chi connectivity index (χ1) is 8.08. The Balaban J connectivity index is 2.79. The van der Waals surface area contributed by atoms with Gasteiger partial charge in [0.15, 0.2) is 0 Å². The number of rotatable bonds is 4. The molecule has 5 nitrogen and oxygen atoms in total. The van der Waals surface area contributed by atoms with Crippen LogP contribution in [0.15, 0.2) is 24.3 Å². The predicted octanol–water partition coefficient (Wildman–Crippen LogP) is 0.516. The van der Waals surface area contributed by atoms with E-state index in [0.29, 0.717) is 12.0 Å². The number of carbonyl (C=O) groups is 2. The van der Waals surface area contributed by atoms with Crippen LogP contribution in [0.4, 0.5) is 0 Å². The van der Waals surface area contributed by atoms with Gasteiger partial charge < -0.3 is 15.2 Å². The molecule has 0 amide bonds. The molecule has 17 heavy (non-hydrogen) atoms. The topological polar surface area (TPSA) is 78.6 Å². The molecule has 2 N–H and O–H groups in total. The summed E-state index contributed by atoms with van der Waals surface area (Å²) in [5.74, 6) is -0.896. The molecule has 0 bridgehead atoms. The summed E-state index contributed by atoms with van der Waals surface area (Å²) in [4.78, 5) is 22.4. The maximum absolute atomic E-state index is 11.3. The van der Waals surface area contributed by atoms with Gasteiger partial charge in [0.05, 0.1) is 19.8 Å². The molecule has 92 valence electrons. The standard InChI is InChI=1S/C12H15NO4/c1-16-11(14)9-5-3-4-8(6-9)7-10(13)12(15)17-2/h3-6,10H,7,13H2,1-2H3. The lowest BCUT2D eigenvalue weighted by Crippen LogP contribution is -2.33. The second kappa shape index (κ2) is 6.00. The number of esters is 2. The number of benzene rings is 1. The fourth-order valence-corrected chi connectivity index (χ4v) is 1.43. The highest BCUT2D eigenvalue weighted by molar-refractivity contribution is 5.89. The molecule has 1 unspecified atom stereocenters. The van der Waals surface area contributed by atoms with Gasteiger partial charge in [-0.3, -0.25) is 4.79 Å². The second-order valence-electron chi connectivity index (χ2n) is 3.53. The number of ether oxygens (including phenoxy) is 2. The van der Waals surface area contributed by atoms with Crippen molar-refractivity contribution in [2.24, 2.45) is 5.73 Å². The number of methoxy groups -OCH3 is 2. The molecule has 0 aliphatic rings. The van der Waals surface area contributed by atoms with Gasteiger partial charge in [-0.15, -0.1) is 0 Å². The predicted molar refractivity (Wildman–Crippen MR) is 61.5 cm³/mol. The third kappa shape index (κ3) is 3.57. The van der Waals surface area contributed by atoms with Gasteiger partial charge in [-0.2, -0.15) is 0 Å². The maximum Gasteiger partial charge on any atom is 0.337 e. The van der Waals surface area contributed by atoms with Gasteiger partial charge in [0.1, 0.15) is 6.04 Å². The van der Waals surface area contributed by atoms with E-state index in [1.165, 1.54) is 14.2 Å². The van der Waals surface area contributed by atoms with Crippen molar-refractivity contribution in [3.05, 3.63) is 35.4 Å². The van der Waals surface area contributed by atoms with E-state index in [1.807, 2.05) is 0 Å². The first kappa shape index (κ1) is 13.2. The Kier molecular flexibility index (Phi) is 4.66. The summed E-state index contributed by atoms with van der Waals surface area (Å²) in [7, 11) is 2.60. The van der Waals surface area contributed by atoms with E-state index < -0.39 is 18.0 Å². The monoisotopic (exact) mass is 237 g/mol. The molecule has 0 fully saturated rings. The van der Waals surface area contributed by atoms with Gasteiger partial charge in [0, 0.05) is 0 Å².